The Morgan fingerprint density at radius 3 is 2.46 bits per heavy atom. The second-order valence-corrected chi connectivity index (χ2v) is 5.70. The minimum absolute atomic E-state index is 0.106. The molecular formula is C21H19N3O2. The lowest BCUT2D eigenvalue weighted by atomic mass is 10.0. The molecule has 0 spiro atoms. The quantitative estimate of drug-likeness (QED) is 0.550. The Morgan fingerprint density at radius 2 is 1.73 bits per heavy atom. The topological polar surface area (TPSA) is 63.6 Å². The molecule has 130 valence electrons. The fourth-order valence-corrected chi connectivity index (χ4v) is 2.41. The second kappa shape index (κ2) is 8.58. The molecule has 0 atom stereocenters. The van der Waals surface area contributed by atoms with Crippen molar-refractivity contribution in [1.29, 1.82) is 0 Å². The largest absolute Gasteiger partial charge is 0.484 e. The number of aromatic nitrogens is 1. The molecule has 0 bridgehead atoms. The molecule has 0 unspecified atom stereocenters. The summed E-state index contributed by atoms with van der Waals surface area (Å²) < 4.78 is 5.50. The van der Waals surface area contributed by atoms with E-state index < -0.39 is 0 Å². The third kappa shape index (κ3) is 4.77. The number of carbonyl (C=O) groups excluding carboxylic acids is 1. The molecule has 0 saturated heterocycles. The fraction of sp³-hybridized carbons (Fsp3) is 0.0952. The number of nitrogens with one attached hydrogen (secondary N) is 1. The van der Waals surface area contributed by atoms with E-state index in [1.165, 1.54) is 0 Å². The molecule has 3 rings (SSSR count). The van der Waals surface area contributed by atoms with Crippen molar-refractivity contribution in [3.63, 3.8) is 0 Å². The molecule has 1 heterocycles. The lowest BCUT2D eigenvalue weighted by molar-refractivity contribution is -0.123. The number of amides is 1. The molecule has 5 nitrogen and oxygen atoms in total. The SMILES string of the molecule is Cc1cccc(OCC(=O)N/N=C(\c2ccccc2)c2ccncc2)c1. The number of ether oxygens (including phenoxy) is 1. The van der Waals surface area contributed by atoms with Gasteiger partial charge in [-0.3, -0.25) is 9.78 Å². The van der Waals surface area contributed by atoms with Crippen LogP contribution >= 0.6 is 0 Å². The third-order valence-corrected chi connectivity index (χ3v) is 3.65. The highest BCUT2D eigenvalue weighted by Crippen LogP contribution is 2.12. The maximum Gasteiger partial charge on any atom is 0.277 e. The van der Waals surface area contributed by atoms with Crippen LogP contribution < -0.4 is 10.2 Å². The summed E-state index contributed by atoms with van der Waals surface area (Å²) in [4.78, 5) is 16.1. The van der Waals surface area contributed by atoms with E-state index in [4.69, 9.17) is 4.74 Å². The maximum absolute atomic E-state index is 12.1. The monoisotopic (exact) mass is 345 g/mol. The van der Waals surface area contributed by atoms with Crippen LogP contribution in [0.5, 0.6) is 5.75 Å². The molecule has 0 saturated carbocycles. The number of pyridine rings is 1. The highest BCUT2D eigenvalue weighted by molar-refractivity contribution is 6.13. The smallest absolute Gasteiger partial charge is 0.277 e. The average molecular weight is 345 g/mol. The van der Waals surface area contributed by atoms with Crippen LogP contribution in [0.3, 0.4) is 0 Å². The van der Waals surface area contributed by atoms with Gasteiger partial charge in [0.25, 0.3) is 5.91 Å². The van der Waals surface area contributed by atoms with Crippen LogP contribution in [0.4, 0.5) is 0 Å². The van der Waals surface area contributed by atoms with Crippen LogP contribution in [0.1, 0.15) is 16.7 Å². The van der Waals surface area contributed by atoms with E-state index in [-0.39, 0.29) is 12.5 Å². The van der Waals surface area contributed by atoms with Gasteiger partial charge in [-0.15, -0.1) is 0 Å². The fourth-order valence-electron chi connectivity index (χ4n) is 2.41. The summed E-state index contributed by atoms with van der Waals surface area (Å²) in [6.07, 6.45) is 3.38. The Labute approximate surface area is 152 Å². The van der Waals surface area contributed by atoms with E-state index in [1.54, 1.807) is 12.4 Å². The van der Waals surface area contributed by atoms with Crippen LogP contribution in [0.15, 0.2) is 84.2 Å². The van der Waals surface area contributed by atoms with Gasteiger partial charge in [0, 0.05) is 23.5 Å². The van der Waals surface area contributed by atoms with Crippen LogP contribution in [0, 0.1) is 6.92 Å². The van der Waals surface area contributed by atoms with E-state index in [2.05, 4.69) is 15.5 Å². The summed E-state index contributed by atoms with van der Waals surface area (Å²) in [6.45, 7) is 1.86. The van der Waals surface area contributed by atoms with Gasteiger partial charge in [-0.25, -0.2) is 5.43 Å². The first-order valence-electron chi connectivity index (χ1n) is 8.24. The van der Waals surface area contributed by atoms with E-state index in [1.807, 2.05) is 73.7 Å². The first-order valence-corrected chi connectivity index (χ1v) is 8.24. The lowest BCUT2D eigenvalue weighted by Crippen LogP contribution is -2.26. The maximum atomic E-state index is 12.1. The number of nitrogens with zero attached hydrogens (tertiary/aromatic N) is 2. The molecule has 5 heteroatoms. The van der Waals surface area contributed by atoms with Crippen LogP contribution in [-0.4, -0.2) is 23.2 Å². The molecule has 26 heavy (non-hydrogen) atoms. The summed E-state index contributed by atoms with van der Waals surface area (Å²) in [5.41, 5.74) is 6.07. The summed E-state index contributed by atoms with van der Waals surface area (Å²) in [7, 11) is 0. The number of hydrogen-bond acceptors (Lipinski definition) is 4. The first kappa shape index (κ1) is 17.4. The highest BCUT2D eigenvalue weighted by Gasteiger charge is 2.08. The third-order valence-electron chi connectivity index (χ3n) is 3.65. The standard InChI is InChI=1S/C21H19N3O2/c1-16-6-5-9-19(14-16)26-15-20(25)23-24-21(17-7-3-2-4-8-17)18-10-12-22-13-11-18/h2-14H,15H2,1H3,(H,23,25)/b24-21+. The van der Waals surface area contributed by atoms with Crippen LogP contribution in [0.25, 0.3) is 0 Å². The average Bonchev–Trinajstić information content (AvgIpc) is 2.68. The molecule has 1 aromatic heterocycles. The number of benzene rings is 2. The molecule has 3 aromatic rings. The van der Waals surface area contributed by atoms with Crippen LogP contribution in [0.2, 0.25) is 0 Å². The van der Waals surface area contributed by atoms with Gasteiger partial charge in [-0.2, -0.15) is 5.10 Å². The second-order valence-electron chi connectivity index (χ2n) is 5.70. The van der Waals surface area contributed by atoms with Crippen molar-refractivity contribution >= 4 is 11.6 Å². The van der Waals surface area contributed by atoms with Gasteiger partial charge >= 0.3 is 0 Å². The van der Waals surface area contributed by atoms with Crippen molar-refractivity contribution in [1.82, 2.24) is 10.4 Å². The van der Waals surface area contributed by atoms with Crippen molar-refractivity contribution in [2.75, 3.05) is 6.61 Å². The van der Waals surface area contributed by atoms with Crippen molar-refractivity contribution in [2.24, 2.45) is 5.10 Å². The predicted molar refractivity (Wildman–Crippen MR) is 101 cm³/mol. The van der Waals surface area contributed by atoms with Crippen molar-refractivity contribution in [3.8, 4) is 5.75 Å². The minimum Gasteiger partial charge on any atom is -0.484 e. The van der Waals surface area contributed by atoms with Gasteiger partial charge in [-0.05, 0) is 36.8 Å². The van der Waals surface area contributed by atoms with E-state index in [9.17, 15) is 4.79 Å². The normalized spacial score (nSPS) is 11.0. The predicted octanol–water partition coefficient (Wildman–Crippen LogP) is 3.34. The highest BCUT2D eigenvalue weighted by atomic mass is 16.5. The Bertz CT molecular complexity index is 852. The zero-order chi connectivity index (χ0) is 18.2. The minimum atomic E-state index is -0.325. The lowest BCUT2D eigenvalue weighted by Gasteiger charge is -2.09. The molecule has 0 aliphatic carbocycles. The van der Waals surface area contributed by atoms with Gasteiger partial charge in [0.05, 0.1) is 5.71 Å². The molecule has 1 amide bonds. The Hall–Kier alpha value is -3.47. The van der Waals surface area contributed by atoms with E-state index in [0.717, 1.165) is 16.7 Å². The van der Waals surface area contributed by atoms with E-state index in [0.29, 0.717) is 11.5 Å². The molecule has 2 aromatic carbocycles. The van der Waals surface area contributed by atoms with Crippen molar-refractivity contribution in [3.05, 3.63) is 95.8 Å². The summed E-state index contributed by atoms with van der Waals surface area (Å²) >= 11 is 0. The summed E-state index contributed by atoms with van der Waals surface area (Å²) in [6, 6.07) is 20.9. The molecule has 0 radical (unpaired) electrons. The number of rotatable bonds is 6. The zero-order valence-electron chi connectivity index (χ0n) is 14.4. The van der Waals surface area contributed by atoms with Crippen LogP contribution in [-0.2, 0) is 4.79 Å². The van der Waals surface area contributed by atoms with Gasteiger partial charge in [0.15, 0.2) is 6.61 Å². The summed E-state index contributed by atoms with van der Waals surface area (Å²) in [5.74, 6) is 0.329. The zero-order valence-corrected chi connectivity index (χ0v) is 14.4. The Morgan fingerprint density at radius 1 is 1.00 bits per heavy atom. The van der Waals surface area contributed by atoms with Crippen molar-refractivity contribution < 1.29 is 9.53 Å². The van der Waals surface area contributed by atoms with Gasteiger partial charge in [-0.1, -0.05) is 42.5 Å². The first-order chi connectivity index (χ1) is 12.7. The molecule has 0 aliphatic rings. The van der Waals surface area contributed by atoms with Crippen molar-refractivity contribution in [2.45, 2.75) is 6.92 Å². The molecule has 1 N–H and O–H groups in total. The number of hydrazone groups is 1. The number of hydrogen-bond donors (Lipinski definition) is 1. The summed E-state index contributed by atoms with van der Waals surface area (Å²) in [5, 5.41) is 4.30. The molecule has 0 fully saturated rings. The van der Waals surface area contributed by atoms with Gasteiger partial charge < -0.3 is 4.74 Å². The number of carbonyl (C=O) groups is 1. The number of aryl methyl sites for hydroxylation is 1. The van der Waals surface area contributed by atoms with E-state index >= 15 is 0 Å². The van der Waals surface area contributed by atoms with Gasteiger partial charge in [0.2, 0.25) is 0 Å². The Kier molecular flexibility index (Phi) is 5.72. The van der Waals surface area contributed by atoms with Gasteiger partial charge in [0.1, 0.15) is 5.75 Å². The molecular weight excluding hydrogens is 326 g/mol. The molecule has 0 aliphatic heterocycles. The Balaban J connectivity index is 1.71.